The van der Waals surface area contributed by atoms with Crippen LogP contribution in [-0.2, 0) is 19.5 Å². The lowest BCUT2D eigenvalue weighted by Gasteiger charge is -2.48. The van der Waals surface area contributed by atoms with E-state index in [0.29, 0.717) is 18.9 Å². The molecule has 6 nitrogen and oxygen atoms in total. The van der Waals surface area contributed by atoms with Crippen LogP contribution in [0.5, 0.6) is 0 Å². The molecule has 8 heteroatoms. The number of halogens is 1. The summed E-state index contributed by atoms with van der Waals surface area (Å²) in [6, 6.07) is 7.10. The molecule has 1 aromatic rings. The Bertz CT molecular complexity index is 981. The van der Waals surface area contributed by atoms with Crippen molar-refractivity contribution in [2.24, 2.45) is 0 Å². The maximum Gasteiger partial charge on any atom is 0.494 e. The van der Waals surface area contributed by atoms with Crippen LogP contribution in [0, 0.1) is 0 Å². The number of likely N-dealkylation sites (tertiary alicyclic amines) is 1. The molecule has 0 radical (unpaired) electrons. The highest BCUT2D eigenvalue weighted by molar-refractivity contribution is 6.62. The summed E-state index contributed by atoms with van der Waals surface area (Å²) in [6.07, 6.45) is 4.24. The van der Waals surface area contributed by atoms with Crippen LogP contribution in [0.1, 0.15) is 71.8 Å². The Morgan fingerprint density at radius 2 is 1.63 bits per heavy atom. The number of nitrogens with zero attached hydrogens (tertiary/aromatic N) is 2. The van der Waals surface area contributed by atoms with Crippen molar-refractivity contribution < 1.29 is 18.5 Å². The van der Waals surface area contributed by atoms with Crippen molar-refractivity contribution in [3.8, 4) is 0 Å². The Kier molecular flexibility index (Phi) is 5.65. The molecular weight excluding hydrogens is 444 g/mol. The number of fused-ring (bicyclic) bond motifs is 2. The molecule has 0 atom stereocenters. The summed E-state index contributed by atoms with van der Waals surface area (Å²) in [7, 11) is -0.442. The molecule has 4 fully saturated rings. The molecule has 1 N–H and O–H groups in total. The molecule has 1 aromatic carbocycles. The van der Waals surface area contributed by atoms with Crippen molar-refractivity contribution in [2.75, 3.05) is 31.1 Å². The van der Waals surface area contributed by atoms with Crippen molar-refractivity contribution in [1.29, 1.82) is 0 Å². The Hall–Kier alpha value is -1.48. The van der Waals surface area contributed by atoms with E-state index in [9.17, 15) is 9.18 Å². The standard InChI is InChI=1S/C27H39BFN3O3/c1-25(2)26(3,4)35-28(34-25)18-5-6-22-23(15-18)32(24(33)27(22)9-11-30-12-10-27)21-16-20(17-21)31-13-7-19(29)8-14-31/h5-6,15,19-21,30H,7-14,16-17H2,1-4H3/t20-,21+. The minimum Gasteiger partial charge on any atom is -0.399 e. The van der Waals surface area contributed by atoms with Crippen LogP contribution in [0.15, 0.2) is 18.2 Å². The third-order valence-corrected chi connectivity index (χ3v) is 9.84. The number of amides is 1. The van der Waals surface area contributed by atoms with Crippen LogP contribution >= 0.6 is 0 Å². The van der Waals surface area contributed by atoms with E-state index in [0.717, 1.165) is 63.0 Å². The monoisotopic (exact) mass is 483 g/mol. The Morgan fingerprint density at radius 1 is 1.00 bits per heavy atom. The second kappa shape index (κ2) is 8.27. The fourth-order valence-corrected chi connectivity index (χ4v) is 6.73. The summed E-state index contributed by atoms with van der Waals surface area (Å²) in [4.78, 5) is 18.7. The zero-order chi connectivity index (χ0) is 24.6. The molecule has 0 unspecified atom stereocenters. The third kappa shape index (κ3) is 3.70. The number of hydrogen-bond donors (Lipinski definition) is 1. The van der Waals surface area contributed by atoms with Gasteiger partial charge in [0.25, 0.3) is 0 Å². The predicted molar refractivity (Wildman–Crippen MR) is 136 cm³/mol. The molecule has 4 heterocycles. The van der Waals surface area contributed by atoms with Gasteiger partial charge in [-0.15, -0.1) is 0 Å². The summed E-state index contributed by atoms with van der Waals surface area (Å²) in [6.45, 7) is 11.7. The highest BCUT2D eigenvalue weighted by atomic mass is 19.1. The number of benzene rings is 1. The lowest BCUT2D eigenvalue weighted by atomic mass is 9.72. The smallest absolute Gasteiger partial charge is 0.399 e. The average molecular weight is 483 g/mol. The largest absolute Gasteiger partial charge is 0.494 e. The van der Waals surface area contributed by atoms with Crippen LogP contribution in [0.25, 0.3) is 0 Å². The zero-order valence-corrected chi connectivity index (χ0v) is 21.6. The van der Waals surface area contributed by atoms with Gasteiger partial charge in [0.15, 0.2) is 0 Å². The Labute approximate surface area is 209 Å². The number of carbonyl (C=O) groups excluding carboxylic acids is 1. The van der Waals surface area contributed by atoms with Crippen LogP contribution in [-0.4, -0.2) is 73.6 Å². The fraction of sp³-hybridized carbons (Fsp3) is 0.741. The van der Waals surface area contributed by atoms with Gasteiger partial charge in [-0.1, -0.05) is 12.1 Å². The van der Waals surface area contributed by atoms with Crippen molar-refractivity contribution in [3.05, 3.63) is 23.8 Å². The SMILES string of the molecule is CC1(C)OB(c2ccc3c(c2)N([C@H]2C[C@@H](N4CCC(F)CC4)C2)C(=O)C32CCNCC2)OC1(C)C. The summed E-state index contributed by atoms with van der Waals surface area (Å²) < 4.78 is 26.3. The first kappa shape index (κ1) is 23.9. The third-order valence-electron chi connectivity index (χ3n) is 9.84. The maximum absolute atomic E-state index is 14.1. The van der Waals surface area contributed by atoms with Gasteiger partial charge < -0.3 is 24.4 Å². The number of rotatable bonds is 3. The molecule has 0 bridgehead atoms. The van der Waals surface area contributed by atoms with Gasteiger partial charge in [-0.3, -0.25) is 4.79 Å². The highest BCUT2D eigenvalue weighted by Gasteiger charge is 2.56. The molecule has 1 saturated carbocycles. The van der Waals surface area contributed by atoms with E-state index in [2.05, 4.69) is 61.0 Å². The predicted octanol–water partition coefficient (Wildman–Crippen LogP) is 2.92. The topological polar surface area (TPSA) is 54.0 Å². The Balaban J connectivity index is 1.29. The molecule has 190 valence electrons. The molecule has 1 amide bonds. The van der Waals surface area contributed by atoms with Gasteiger partial charge in [0, 0.05) is 30.9 Å². The van der Waals surface area contributed by atoms with E-state index in [-0.39, 0.29) is 11.9 Å². The summed E-state index contributed by atoms with van der Waals surface area (Å²) in [5.41, 5.74) is 1.97. The molecule has 35 heavy (non-hydrogen) atoms. The number of piperidine rings is 2. The van der Waals surface area contributed by atoms with Crippen molar-refractivity contribution in [1.82, 2.24) is 10.2 Å². The number of carbonyl (C=O) groups is 1. The van der Waals surface area contributed by atoms with Crippen LogP contribution < -0.4 is 15.7 Å². The maximum atomic E-state index is 14.1. The second-order valence-electron chi connectivity index (χ2n) is 12.4. The van der Waals surface area contributed by atoms with E-state index in [1.807, 2.05) is 0 Å². The number of hydrogen-bond acceptors (Lipinski definition) is 5. The van der Waals surface area contributed by atoms with E-state index < -0.39 is 29.9 Å². The lowest BCUT2D eigenvalue weighted by molar-refractivity contribution is -0.125. The van der Waals surface area contributed by atoms with Gasteiger partial charge in [-0.05, 0) is 96.4 Å². The van der Waals surface area contributed by atoms with Gasteiger partial charge in [-0.25, -0.2) is 4.39 Å². The molecule has 3 saturated heterocycles. The molecule has 0 aromatic heterocycles. The van der Waals surface area contributed by atoms with E-state index in [1.54, 1.807) is 0 Å². The summed E-state index contributed by atoms with van der Waals surface area (Å²) >= 11 is 0. The normalized spacial score (nSPS) is 32.2. The van der Waals surface area contributed by atoms with Crippen LogP contribution in [0.4, 0.5) is 10.1 Å². The second-order valence-corrected chi connectivity index (χ2v) is 12.4. The highest BCUT2D eigenvalue weighted by Crippen LogP contribution is 2.50. The molecule has 6 rings (SSSR count). The number of alkyl halides is 1. The average Bonchev–Trinajstić information content (AvgIpc) is 3.15. The van der Waals surface area contributed by atoms with Crippen LogP contribution in [0.3, 0.4) is 0 Å². The molecule has 1 spiro atoms. The molecule has 1 aliphatic carbocycles. The minimum atomic E-state index is -0.651. The molecular formula is C27H39BFN3O3. The zero-order valence-electron chi connectivity index (χ0n) is 21.6. The van der Waals surface area contributed by atoms with Crippen LogP contribution in [0.2, 0.25) is 0 Å². The first-order chi connectivity index (χ1) is 16.6. The van der Waals surface area contributed by atoms with Gasteiger partial charge >= 0.3 is 7.12 Å². The van der Waals surface area contributed by atoms with Crippen molar-refractivity contribution in [2.45, 2.75) is 101 Å². The number of nitrogens with one attached hydrogen (secondary N) is 1. The van der Waals surface area contributed by atoms with Gasteiger partial charge in [0.05, 0.1) is 16.6 Å². The summed E-state index contributed by atoms with van der Waals surface area (Å²) in [5.74, 6) is 0.269. The Morgan fingerprint density at radius 3 is 2.26 bits per heavy atom. The van der Waals surface area contributed by atoms with Crippen molar-refractivity contribution in [3.63, 3.8) is 0 Å². The summed E-state index contributed by atoms with van der Waals surface area (Å²) in [5, 5.41) is 3.44. The quantitative estimate of drug-likeness (QED) is 0.671. The van der Waals surface area contributed by atoms with Gasteiger partial charge in [0.1, 0.15) is 6.17 Å². The van der Waals surface area contributed by atoms with Crippen molar-refractivity contribution >= 4 is 24.2 Å². The minimum absolute atomic E-state index is 0.206. The van der Waals surface area contributed by atoms with E-state index in [1.165, 1.54) is 5.56 Å². The molecule has 4 aliphatic heterocycles. The van der Waals surface area contributed by atoms with E-state index in [4.69, 9.17) is 9.31 Å². The molecule has 5 aliphatic rings. The first-order valence-electron chi connectivity index (χ1n) is 13.5. The van der Waals surface area contributed by atoms with Gasteiger partial charge in [-0.2, -0.15) is 0 Å². The lowest BCUT2D eigenvalue weighted by Crippen LogP contribution is -2.58. The number of anilines is 1. The fourth-order valence-electron chi connectivity index (χ4n) is 6.73. The van der Waals surface area contributed by atoms with Gasteiger partial charge in [0.2, 0.25) is 5.91 Å². The van der Waals surface area contributed by atoms with E-state index >= 15 is 0 Å². The first-order valence-corrected chi connectivity index (χ1v) is 13.5.